The van der Waals surface area contributed by atoms with Crippen LogP contribution in [0.4, 0.5) is 5.69 Å². The maximum absolute atomic E-state index is 13.1. The summed E-state index contributed by atoms with van der Waals surface area (Å²) < 4.78 is 4.96. The van der Waals surface area contributed by atoms with Gasteiger partial charge < -0.3 is 20.3 Å². The van der Waals surface area contributed by atoms with Crippen LogP contribution in [0.2, 0.25) is 0 Å². The van der Waals surface area contributed by atoms with Crippen LogP contribution in [-0.4, -0.2) is 56.0 Å². The van der Waals surface area contributed by atoms with Crippen molar-refractivity contribution in [2.75, 3.05) is 38.7 Å². The van der Waals surface area contributed by atoms with Crippen LogP contribution in [-0.2, 0) is 9.53 Å². The number of rotatable bonds is 7. The van der Waals surface area contributed by atoms with Crippen molar-refractivity contribution < 1.29 is 19.1 Å². The fraction of sp³-hybridized carbons (Fsp3) is 0.375. The van der Waals surface area contributed by atoms with Gasteiger partial charge in [-0.05, 0) is 49.6 Å². The minimum Gasteiger partial charge on any atom is -0.383 e. The number of methoxy groups -OCH3 is 1. The van der Waals surface area contributed by atoms with Gasteiger partial charge in [-0.15, -0.1) is 0 Å². The number of anilines is 1. The molecule has 1 heterocycles. The van der Waals surface area contributed by atoms with Crippen LogP contribution in [0.1, 0.15) is 39.1 Å². The zero-order chi connectivity index (χ0) is 22.2. The second-order valence-electron chi connectivity index (χ2n) is 7.72. The Balaban J connectivity index is 1.65. The van der Waals surface area contributed by atoms with Crippen LogP contribution in [0, 0.1) is 12.8 Å². The third-order valence-corrected chi connectivity index (χ3v) is 5.44. The Morgan fingerprint density at radius 2 is 1.94 bits per heavy atom. The van der Waals surface area contributed by atoms with E-state index < -0.39 is 0 Å². The van der Waals surface area contributed by atoms with E-state index in [0.717, 1.165) is 18.4 Å². The molecule has 1 aliphatic heterocycles. The molecule has 1 fully saturated rings. The molecule has 31 heavy (non-hydrogen) atoms. The molecule has 0 spiro atoms. The number of nitrogens with one attached hydrogen (secondary N) is 2. The molecule has 3 rings (SSSR count). The van der Waals surface area contributed by atoms with Gasteiger partial charge in [0.05, 0.1) is 12.5 Å². The number of hydrogen-bond acceptors (Lipinski definition) is 4. The summed E-state index contributed by atoms with van der Waals surface area (Å²) in [6.45, 7) is 3.80. The monoisotopic (exact) mass is 423 g/mol. The van der Waals surface area contributed by atoms with E-state index >= 15 is 0 Å². The van der Waals surface area contributed by atoms with Gasteiger partial charge in [-0.3, -0.25) is 14.4 Å². The van der Waals surface area contributed by atoms with Crippen LogP contribution < -0.4 is 10.6 Å². The molecule has 0 saturated carbocycles. The molecular formula is C24H29N3O4. The summed E-state index contributed by atoms with van der Waals surface area (Å²) in [5.74, 6) is -0.623. The largest absolute Gasteiger partial charge is 0.383 e. The molecule has 7 heteroatoms. The summed E-state index contributed by atoms with van der Waals surface area (Å²) in [4.78, 5) is 39.7. The lowest BCUT2D eigenvalue weighted by Crippen LogP contribution is -2.45. The minimum absolute atomic E-state index is 0.0474. The second-order valence-corrected chi connectivity index (χ2v) is 7.72. The van der Waals surface area contributed by atoms with Gasteiger partial charge in [-0.1, -0.05) is 24.3 Å². The quantitative estimate of drug-likeness (QED) is 0.671. The molecule has 0 aromatic heterocycles. The van der Waals surface area contributed by atoms with E-state index in [-0.39, 0.29) is 23.6 Å². The Labute approximate surface area is 182 Å². The molecule has 7 nitrogen and oxygen atoms in total. The van der Waals surface area contributed by atoms with Crippen molar-refractivity contribution in [2.45, 2.75) is 19.8 Å². The van der Waals surface area contributed by atoms with E-state index in [1.54, 1.807) is 42.3 Å². The van der Waals surface area contributed by atoms with Crippen molar-refractivity contribution in [1.29, 1.82) is 0 Å². The number of piperidine rings is 1. The standard InChI is InChI=1S/C24H29N3O4/c1-17-7-3-4-11-21(17)23(29)26-20-10-5-8-18(15-20)24(30)27-13-6-9-19(16-27)22(28)25-12-14-31-2/h3-5,7-8,10-11,15,19H,6,9,12-14,16H2,1-2H3,(H,25,28)(H,26,29). The fourth-order valence-electron chi connectivity index (χ4n) is 3.73. The number of benzene rings is 2. The van der Waals surface area contributed by atoms with E-state index in [9.17, 15) is 14.4 Å². The molecule has 2 aromatic rings. The van der Waals surface area contributed by atoms with E-state index in [4.69, 9.17) is 4.74 Å². The number of aryl methyl sites for hydroxylation is 1. The number of nitrogens with zero attached hydrogens (tertiary/aromatic N) is 1. The molecule has 164 valence electrons. The summed E-state index contributed by atoms with van der Waals surface area (Å²) >= 11 is 0. The van der Waals surface area contributed by atoms with Crippen LogP contribution in [0.3, 0.4) is 0 Å². The average Bonchev–Trinajstić information content (AvgIpc) is 2.79. The number of ether oxygens (including phenoxy) is 1. The van der Waals surface area contributed by atoms with E-state index in [1.807, 2.05) is 25.1 Å². The average molecular weight is 424 g/mol. The van der Waals surface area contributed by atoms with Crippen molar-refractivity contribution in [3.8, 4) is 0 Å². The summed E-state index contributed by atoms with van der Waals surface area (Å²) in [5.41, 5.74) is 2.53. The van der Waals surface area contributed by atoms with Gasteiger partial charge in [0.25, 0.3) is 11.8 Å². The first kappa shape index (κ1) is 22.5. The first-order valence-corrected chi connectivity index (χ1v) is 10.5. The number of likely N-dealkylation sites (tertiary alicyclic amines) is 1. The molecule has 2 aromatic carbocycles. The molecule has 1 unspecified atom stereocenters. The lowest BCUT2D eigenvalue weighted by molar-refractivity contribution is -0.126. The Kier molecular flexibility index (Phi) is 7.78. The minimum atomic E-state index is -0.224. The Bertz CT molecular complexity index is 944. The Morgan fingerprint density at radius 1 is 1.13 bits per heavy atom. The molecule has 0 radical (unpaired) electrons. The maximum atomic E-state index is 13.1. The van der Waals surface area contributed by atoms with Crippen molar-refractivity contribution >= 4 is 23.4 Å². The highest BCUT2D eigenvalue weighted by Gasteiger charge is 2.28. The van der Waals surface area contributed by atoms with Crippen LogP contribution in [0.25, 0.3) is 0 Å². The highest BCUT2D eigenvalue weighted by Crippen LogP contribution is 2.21. The lowest BCUT2D eigenvalue weighted by Gasteiger charge is -2.32. The van der Waals surface area contributed by atoms with Crippen molar-refractivity contribution in [3.05, 3.63) is 65.2 Å². The van der Waals surface area contributed by atoms with Gasteiger partial charge in [0.15, 0.2) is 0 Å². The van der Waals surface area contributed by atoms with Gasteiger partial charge in [0.1, 0.15) is 0 Å². The van der Waals surface area contributed by atoms with Gasteiger partial charge >= 0.3 is 0 Å². The van der Waals surface area contributed by atoms with Gasteiger partial charge in [-0.2, -0.15) is 0 Å². The summed E-state index contributed by atoms with van der Waals surface area (Å²) in [5, 5.41) is 5.72. The third-order valence-electron chi connectivity index (χ3n) is 5.44. The first-order chi connectivity index (χ1) is 15.0. The highest BCUT2D eigenvalue weighted by atomic mass is 16.5. The molecule has 0 aliphatic carbocycles. The Morgan fingerprint density at radius 3 is 2.71 bits per heavy atom. The topological polar surface area (TPSA) is 87.7 Å². The smallest absolute Gasteiger partial charge is 0.255 e. The normalized spacial score (nSPS) is 15.9. The van der Waals surface area contributed by atoms with Crippen molar-refractivity contribution in [3.63, 3.8) is 0 Å². The van der Waals surface area contributed by atoms with E-state index in [1.165, 1.54) is 0 Å². The summed E-state index contributed by atoms with van der Waals surface area (Å²) in [6, 6.07) is 14.3. The lowest BCUT2D eigenvalue weighted by atomic mass is 9.96. The number of carbonyl (C=O) groups excluding carboxylic acids is 3. The molecule has 1 atom stereocenters. The fourth-order valence-corrected chi connectivity index (χ4v) is 3.73. The van der Waals surface area contributed by atoms with Gasteiger partial charge in [-0.25, -0.2) is 0 Å². The molecule has 1 aliphatic rings. The SMILES string of the molecule is COCCNC(=O)C1CCCN(C(=O)c2cccc(NC(=O)c3ccccc3C)c2)C1. The molecule has 0 bridgehead atoms. The van der Waals surface area contributed by atoms with Crippen molar-refractivity contribution in [2.24, 2.45) is 5.92 Å². The molecule has 1 saturated heterocycles. The van der Waals surface area contributed by atoms with Crippen LogP contribution >= 0.6 is 0 Å². The predicted molar refractivity (Wildman–Crippen MR) is 119 cm³/mol. The van der Waals surface area contributed by atoms with Gasteiger partial charge in [0.2, 0.25) is 5.91 Å². The van der Waals surface area contributed by atoms with Crippen LogP contribution in [0.5, 0.6) is 0 Å². The third kappa shape index (κ3) is 5.92. The maximum Gasteiger partial charge on any atom is 0.255 e. The molecule has 3 amide bonds. The van der Waals surface area contributed by atoms with Gasteiger partial charge in [0, 0.05) is 43.6 Å². The second kappa shape index (κ2) is 10.7. The highest BCUT2D eigenvalue weighted by molar-refractivity contribution is 6.06. The van der Waals surface area contributed by atoms with Crippen LogP contribution in [0.15, 0.2) is 48.5 Å². The zero-order valence-electron chi connectivity index (χ0n) is 18.0. The van der Waals surface area contributed by atoms with E-state index in [0.29, 0.717) is 43.1 Å². The summed E-state index contributed by atoms with van der Waals surface area (Å²) in [7, 11) is 1.59. The number of carbonyl (C=O) groups is 3. The van der Waals surface area contributed by atoms with E-state index in [2.05, 4.69) is 10.6 Å². The molecule has 2 N–H and O–H groups in total. The number of hydrogen-bond donors (Lipinski definition) is 2. The van der Waals surface area contributed by atoms with Crippen molar-refractivity contribution in [1.82, 2.24) is 10.2 Å². The number of amides is 3. The first-order valence-electron chi connectivity index (χ1n) is 10.5. The molecular weight excluding hydrogens is 394 g/mol. The summed E-state index contributed by atoms with van der Waals surface area (Å²) in [6.07, 6.45) is 1.53. The predicted octanol–water partition coefficient (Wildman–Crippen LogP) is 2.86. The zero-order valence-corrected chi connectivity index (χ0v) is 18.0. The Hall–Kier alpha value is -3.19.